The average molecular weight is 643 g/mol. The third kappa shape index (κ3) is 7.57. The number of ether oxygens (including phenoxy) is 3. The lowest BCUT2D eigenvalue weighted by molar-refractivity contribution is -0.134. The van der Waals surface area contributed by atoms with Gasteiger partial charge in [0.05, 0.1) is 27.4 Å². The van der Waals surface area contributed by atoms with E-state index in [0.29, 0.717) is 57.9 Å². The van der Waals surface area contributed by atoms with Gasteiger partial charge in [-0.25, -0.2) is 19.6 Å². The molecular weight excluding hydrogens is 588 g/mol. The van der Waals surface area contributed by atoms with E-state index in [1.165, 1.54) is 14.2 Å². The number of carbonyl (C=O) groups excluding carboxylic acids is 2. The van der Waals surface area contributed by atoms with Crippen LogP contribution in [0.2, 0.25) is 0 Å². The highest BCUT2D eigenvalue weighted by molar-refractivity contribution is 6.38. The Kier molecular flexibility index (Phi) is 10.3. The van der Waals surface area contributed by atoms with Gasteiger partial charge >= 0.3 is 11.9 Å². The summed E-state index contributed by atoms with van der Waals surface area (Å²) in [6, 6.07) is 0. The minimum absolute atomic E-state index is 0.0402. The number of rotatable bonds is 7. The third-order valence-electron chi connectivity index (χ3n) is 10.5. The Labute approximate surface area is 274 Å². The number of nitrogens with zero attached hydrogens (tertiary/aromatic N) is 8. The molecule has 3 aliphatic rings. The number of esters is 2. The van der Waals surface area contributed by atoms with E-state index in [1.807, 2.05) is 4.90 Å². The van der Waals surface area contributed by atoms with E-state index in [-0.39, 0.29) is 57.3 Å². The number of piperidine rings is 2. The van der Waals surface area contributed by atoms with E-state index in [2.05, 4.69) is 94.2 Å². The fourth-order valence-electron chi connectivity index (χ4n) is 7.51. The molecule has 3 fully saturated rings. The van der Waals surface area contributed by atoms with Crippen LogP contribution in [0, 0.1) is 11.8 Å². The van der Waals surface area contributed by atoms with E-state index in [1.54, 1.807) is 0 Å². The Hall–Kier alpha value is -3.03. The number of aliphatic imine (C=N–C) groups is 2. The SMILES string of the molecule is COC(=O)C(=Nc1nc(N=C(C(=O)OC)C2CC(C)(C)N(C)C(C)(C)C2)nc(N2CCOCC2)n1)C1CC(C)(C)N(C)C(C)(C)C1. The standard InChI is InChI=1S/C33H54N8O5/c1-30(2)17-21(18-31(3,4)39(30)9)23(25(42)44-11)34-27-36-28(38-29(37-27)41-13-15-46-16-14-41)35-24(26(43)45-12)22-19-32(5,6)40(10)33(7,8)20-22/h21-22H,13-20H2,1-12H3. The van der Waals surface area contributed by atoms with Crippen LogP contribution in [0.15, 0.2) is 9.98 Å². The summed E-state index contributed by atoms with van der Waals surface area (Å²) < 4.78 is 16.0. The van der Waals surface area contributed by atoms with Crippen LogP contribution in [0.4, 0.5) is 17.8 Å². The number of carbonyl (C=O) groups is 2. The molecule has 256 valence electrons. The van der Waals surface area contributed by atoms with Crippen LogP contribution in [-0.2, 0) is 23.8 Å². The molecule has 0 N–H and O–H groups in total. The summed E-state index contributed by atoms with van der Waals surface area (Å²) >= 11 is 0. The van der Waals surface area contributed by atoms with Gasteiger partial charge in [-0.15, -0.1) is 0 Å². The highest BCUT2D eigenvalue weighted by atomic mass is 16.5. The number of likely N-dealkylation sites (tertiary alicyclic amines) is 2. The molecule has 0 spiro atoms. The fourth-order valence-corrected chi connectivity index (χ4v) is 7.51. The van der Waals surface area contributed by atoms with Gasteiger partial charge in [-0.3, -0.25) is 9.80 Å². The van der Waals surface area contributed by atoms with Gasteiger partial charge in [0.1, 0.15) is 11.4 Å². The Morgan fingerprint density at radius 3 is 1.35 bits per heavy atom. The molecule has 0 atom stereocenters. The molecule has 0 aliphatic carbocycles. The van der Waals surface area contributed by atoms with Gasteiger partial charge in [0.15, 0.2) is 0 Å². The lowest BCUT2D eigenvalue weighted by Gasteiger charge is -2.53. The molecule has 0 aromatic carbocycles. The minimum Gasteiger partial charge on any atom is -0.465 e. The van der Waals surface area contributed by atoms with Gasteiger partial charge in [0.25, 0.3) is 11.9 Å². The topological polar surface area (TPSA) is 135 Å². The zero-order valence-corrected chi connectivity index (χ0v) is 29.9. The van der Waals surface area contributed by atoms with E-state index in [0.717, 1.165) is 0 Å². The monoisotopic (exact) mass is 642 g/mol. The number of aromatic nitrogens is 3. The summed E-state index contributed by atoms with van der Waals surface area (Å²) in [5, 5.41) is 0. The van der Waals surface area contributed by atoms with Crippen LogP contribution in [0.5, 0.6) is 0 Å². The highest BCUT2D eigenvalue weighted by Gasteiger charge is 2.47. The van der Waals surface area contributed by atoms with Crippen molar-refractivity contribution in [3.63, 3.8) is 0 Å². The van der Waals surface area contributed by atoms with Crippen LogP contribution in [0.25, 0.3) is 0 Å². The lowest BCUT2D eigenvalue weighted by Crippen LogP contribution is -2.60. The summed E-state index contributed by atoms with van der Waals surface area (Å²) in [7, 11) is 6.94. The van der Waals surface area contributed by atoms with Crippen molar-refractivity contribution in [1.82, 2.24) is 24.8 Å². The molecule has 0 amide bonds. The molecular formula is C33H54N8O5. The predicted octanol–water partition coefficient (Wildman–Crippen LogP) is 4.00. The lowest BCUT2D eigenvalue weighted by atomic mass is 9.72. The first-order valence-electron chi connectivity index (χ1n) is 16.2. The summed E-state index contributed by atoms with van der Waals surface area (Å²) in [6.07, 6.45) is 2.78. The molecule has 0 unspecified atom stereocenters. The summed E-state index contributed by atoms with van der Waals surface area (Å²) in [6.45, 7) is 19.5. The van der Waals surface area contributed by atoms with Crippen LogP contribution in [-0.4, -0.2) is 125 Å². The van der Waals surface area contributed by atoms with Crippen LogP contribution < -0.4 is 4.90 Å². The molecule has 3 aliphatic heterocycles. The van der Waals surface area contributed by atoms with Crippen molar-refractivity contribution in [2.75, 3.05) is 59.5 Å². The summed E-state index contributed by atoms with van der Waals surface area (Å²) in [5.74, 6) is -0.998. The molecule has 0 radical (unpaired) electrons. The average Bonchev–Trinajstić information content (AvgIpc) is 2.99. The van der Waals surface area contributed by atoms with Gasteiger partial charge in [-0.05, 0) is 95.2 Å². The van der Waals surface area contributed by atoms with Crippen molar-refractivity contribution in [3.8, 4) is 0 Å². The highest BCUT2D eigenvalue weighted by Crippen LogP contribution is 2.42. The Bertz CT molecular complexity index is 1240. The molecule has 4 heterocycles. The first-order valence-corrected chi connectivity index (χ1v) is 16.2. The van der Waals surface area contributed by atoms with Gasteiger partial charge in [-0.2, -0.15) is 15.0 Å². The molecule has 4 rings (SSSR count). The van der Waals surface area contributed by atoms with Crippen molar-refractivity contribution < 1.29 is 23.8 Å². The molecule has 13 heteroatoms. The van der Waals surface area contributed by atoms with E-state index >= 15 is 0 Å². The van der Waals surface area contributed by atoms with Gasteiger partial charge < -0.3 is 19.1 Å². The quantitative estimate of drug-likeness (QED) is 0.316. The van der Waals surface area contributed by atoms with E-state index < -0.39 is 11.9 Å². The van der Waals surface area contributed by atoms with Crippen molar-refractivity contribution in [2.45, 2.75) is 103 Å². The van der Waals surface area contributed by atoms with Crippen LogP contribution in [0.1, 0.15) is 81.1 Å². The third-order valence-corrected chi connectivity index (χ3v) is 10.5. The van der Waals surface area contributed by atoms with Gasteiger partial charge in [-0.1, -0.05) is 0 Å². The Morgan fingerprint density at radius 2 is 1.02 bits per heavy atom. The maximum absolute atomic E-state index is 13.3. The second-order valence-electron chi connectivity index (χ2n) is 15.4. The largest absolute Gasteiger partial charge is 0.465 e. The van der Waals surface area contributed by atoms with Crippen molar-refractivity contribution in [2.24, 2.45) is 21.8 Å². The molecule has 1 aromatic rings. The first kappa shape index (κ1) is 35.8. The van der Waals surface area contributed by atoms with Crippen LogP contribution >= 0.6 is 0 Å². The zero-order chi connectivity index (χ0) is 34.2. The zero-order valence-electron chi connectivity index (χ0n) is 29.9. The Morgan fingerprint density at radius 1 is 0.674 bits per heavy atom. The van der Waals surface area contributed by atoms with Crippen molar-refractivity contribution in [1.29, 1.82) is 0 Å². The van der Waals surface area contributed by atoms with Crippen LogP contribution in [0.3, 0.4) is 0 Å². The maximum atomic E-state index is 13.3. The van der Waals surface area contributed by atoms with E-state index in [4.69, 9.17) is 24.2 Å². The van der Waals surface area contributed by atoms with Gasteiger partial charge in [0.2, 0.25) is 5.95 Å². The maximum Gasteiger partial charge on any atom is 0.352 e. The minimum atomic E-state index is -0.523. The smallest absolute Gasteiger partial charge is 0.352 e. The number of hydrogen-bond acceptors (Lipinski definition) is 13. The van der Waals surface area contributed by atoms with Gasteiger partial charge in [0, 0.05) is 47.1 Å². The molecule has 0 bridgehead atoms. The molecule has 0 saturated carbocycles. The molecule has 13 nitrogen and oxygen atoms in total. The first-order chi connectivity index (χ1) is 21.3. The second kappa shape index (κ2) is 13.2. The van der Waals surface area contributed by atoms with Crippen molar-refractivity contribution in [3.05, 3.63) is 0 Å². The Balaban J connectivity index is 1.86. The van der Waals surface area contributed by atoms with Crippen molar-refractivity contribution >= 4 is 41.2 Å². The summed E-state index contributed by atoms with van der Waals surface area (Å²) in [5.41, 5.74) is -0.255. The van der Waals surface area contributed by atoms with E-state index in [9.17, 15) is 9.59 Å². The molecule has 46 heavy (non-hydrogen) atoms. The number of hydrogen-bond donors (Lipinski definition) is 0. The predicted molar refractivity (Wildman–Crippen MR) is 178 cm³/mol. The molecule has 3 saturated heterocycles. The normalized spacial score (nSPS) is 24.5. The summed E-state index contributed by atoms with van der Waals surface area (Å²) in [4.78, 5) is 56.8. The molecule has 1 aromatic heterocycles. The number of morpholine rings is 1. The number of anilines is 1. The number of methoxy groups -OCH3 is 2. The second-order valence-corrected chi connectivity index (χ2v) is 15.4. The fraction of sp³-hybridized carbons (Fsp3) is 0.788.